The molecule has 0 aliphatic carbocycles. The van der Waals surface area contributed by atoms with Crippen LogP contribution in [-0.4, -0.2) is 22.1 Å². The first-order valence-corrected chi connectivity index (χ1v) is 3.87. The van der Waals surface area contributed by atoms with E-state index in [1.54, 1.807) is 7.11 Å². The molecule has 0 unspecified atom stereocenters. The number of hydrogen-bond donors (Lipinski definition) is 2. The van der Waals surface area contributed by atoms with Crippen molar-refractivity contribution in [3.8, 4) is 5.88 Å². The van der Waals surface area contributed by atoms with E-state index in [0.717, 1.165) is 16.6 Å². The van der Waals surface area contributed by atoms with E-state index in [1.165, 1.54) is 0 Å². The first-order chi connectivity index (χ1) is 6.22. The Labute approximate surface area is 74.9 Å². The molecule has 0 fully saturated rings. The summed E-state index contributed by atoms with van der Waals surface area (Å²) in [5.74, 6) is 0.711. The summed E-state index contributed by atoms with van der Waals surface area (Å²) < 4.78 is 5.06. The molecule has 68 valence electrons. The van der Waals surface area contributed by atoms with Crippen molar-refractivity contribution < 1.29 is 4.74 Å². The number of aromatic amines is 1. The number of nitrogens with zero attached hydrogens (tertiary/aromatic N) is 2. The van der Waals surface area contributed by atoms with Crippen LogP contribution in [0.5, 0.6) is 5.88 Å². The van der Waals surface area contributed by atoms with Gasteiger partial charge in [-0.25, -0.2) is 4.98 Å². The fraction of sp³-hybridized carbons (Fsp3) is 0.250. The van der Waals surface area contributed by atoms with Crippen LogP contribution >= 0.6 is 0 Å². The van der Waals surface area contributed by atoms with E-state index in [-0.39, 0.29) is 5.95 Å². The average Bonchev–Trinajstić information content (AvgIpc) is 2.47. The van der Waals surface area contributed by atoms with Gasteiger partial charge in [-0.15, -0.1) is 0 Å². The molecule has 0 aliphatic heterocycles. The summed E-state index contributed by atoms with van der Waals surface area (Å²) in [5, 5.41) is 0. The maximum atomic E-state index is 5.51. The molecule has 2 heterocycles. The lowest BCUT2D eigenvalue weighted by atomic mass is 10.3. The van der Waals surface area contributed by atoms with Crippen molar-refractivity contribution in [2.75, 3.05) is 12.8 Å². The third-order valence-corrected chi connectivity index (χ3v) is 1.89. The van der Waals surface area contributed by atoms with Crippen LogP contribution in [-0.2, 0) is 0 Å². The summed E-state index contributed by atoms with van der Waals surface area (Å²) in [5.41, 5.74) is 8.14. The lowest BCUT2D eigenvalue weighted by Gasteiger charge is -2.00. The zero-order valence-corrected chi connectivity index (χ0v) is 7.46. The third-order valence-electron chi connectivity index (χ3n) is 1.89. The highest BCUT2D eigenvalue weighted by Crippen LogP contribution is 2.23. The first-order valence-electron chi connectivity index (χ1n) is 3.87. The Hall–Kier alpha value is -1.78. The Balaban J connectivity index is 2.84. The van der Waals surface area contributed by atoms with Gasteiger partial charge in [-0.05, 0) is 12.5 Å². The van der Waals surface area contributed by atoms with Crippen LogP contribution in [0, 0.1) is 6.92 Å². The monoisotopic (exact) mass is 178 g/mol. The summed E-state index contributed by atoms with van der Waals surface area (Å²) in [6.07, 6.45) is 1.85. The number of anilines is 1. The minimum atomic E-state index is 0.229. The van der Waals surface area contributed by atoms with Gasteiger partial charge in [-0.1, -0.05) is 0 Å². The Bertz CT molecular complexity index is 449. The Morgan fingerprint density at radius 2 is 2.23 bits per heavy atom. The molecule has 2 aromatic heterocycles. The highest BCUT2D eigenvalue weighted by molar-refractivity contribution is 5.83. The van der Waals surface area contributed by atoms with Crippen LogP contribution in [0.2, 0.25) is 0 Å². The van der Waals surface area contributed by atoms with E-state index in [2.05, 4.69) is 15.0 Å². The van der Waals surface area contributed by atoms with Gasteiger partial charge in [0.15, 0.2) is 0 Å². The maximum absolute atomic E-state index is 5.51. The van der Waals surface area contributed by atoms with Gasteiger partial charge in [0, 0.05) is 6.20 Å². The van der Waals surface area contributed by atoms with Crippen LogP contribution in [0.25, 0.3) is 11.0 Å². The molecule has 0 aliphatic rings. The molecule has 0 radical (unpaired) electrons. The molecule has 5 heteroatoms. The van der Waals surface area contributed by atoms with E-state index in [4.69, 9.17) is 10.5 Å². The van der Waals surface area contributed by atoms with E-state index in [1.807, 2.05) is 13.1 Å². The molecule has 2 rings (SSSR count). The molecule has 0 amide bonds. The molecular weight excluding hydrogens is 168 g/mol. The summed E-state index contributed by atoms with van der Waals surface area (Å²) in [7, 11) is 1.55. The molecule has 0 spiro atoms. The number of aromatic nitrogens is 3. The predicted octanol–water partition coefficient (Wildman–Crippen LogP) is 0.857. The molecule has 0 saturated carbocycles. The van der Waals surface area contributed by atoms with Crippen LogP contribution in [0.3, 0.4) is 0 Å². The highest BCUT2D eigenvalue weighted by atomic mass is 16.5. The molecule has 13 heavy (non-hydrogen) atoms. The van der Waals surface area contributed by atoms with E-state index in [0.29, 0.717) is 5.88 Å². The number of fused-ring (bicyclic) bond motifs is 1. The van der Waals surface area contributed by atoms with Gasteiger partial charge in [0.1, 0.15) is 11.0 Å². The predicted molar refractivity (Wildman–Crippen MR) is 49.6 cm³/mol. The number of nitrogens with two attached hydrogens (primary N) is 1. The van der Waals surface area contributed by atoms with Crippen LogP contribution in [0.15, 0.2) is 6.20 Å². The second kappa shape index (κ2) is 2.62. The van der Waals surface area contributed by atoms with Gasteiger partial charge in [0.2, 0.25) is 11.8 Å². The normalized spacial score (nSPS) is 10.6. The molecular formula is C8H10N4O. The zero-order chi connectivity index (χ0) is 9.42. The smallest absolute Gasteiger partial charge is 0.243 e. The number of ether oxygens (including phenoxy) is 1. The number of methoxy groups -OCH3 is 1. The molecule has 0 saturated heterocycles. The SMILES string of the molecule is COc1nc(N)nc2c(C)c[nH]c12. The molecule has 0 bridgehead atoms. The third kappa shape index (κ3) is 1.09. The fourth-order valence-electron chi connectivity index (χ4n) is 1.27. The minimum Gasteiger partial charge on any atom is -0.479 e. The van der Waals surface area contributed by atoms with Crippen molar-refractivity contribution in [2.24, 2.45) is 0 Å². The average molecular weight is 178 g/mol. The van der Waals surface area contributed by atoms with Crippen molar-refractivity contribution in [3.05, 3.63) is 11.8 Å². The molecule has 0 atom stereocenters. The van der Waals surface area contributed by atoms with Crippen molar-refractivity contribution in [1.29, 1.82) is 0 Å². The summed E-state index contributed by atoms with van der Waals surface area (Å²) in [6, 6.07) is 0. The standard InChI is InChI=1S/C8H10N4O/c1-4-3-10-6-5(4)11-8(9)12-7(6)13-2/h3,10H,1-2H3,(H2,9,11,12). The van der Waals surface area contributed by atoms with E-state index < -0.39 is 0 Å². The Morgan fingerprint density at radius 3 is 2.92 bits per heavy atom. The number of nitrogens with one attached hydrogen (secondary N) is 1. The molecule has 0 aromatic carbocycles. The lowest BCUT2D eigenvalue weighted by molar-refractivity contribution is 0.402. The van der Waals surface area contributed by atoms with Crippen LogP contribution in [0.4, 0.5) is 5.95 Å². The second-order valence-corrected chi connectivity index (χ2v) is 2.79. The van der Waals surface area contributed by atoms with Gasteiger partial charge in [-0.3, -0.25) is 0 Å². The van der Waals surface area contributed by atoms with Gasteiger partial charge >= 0.3 is 0 Å². The lowest BCUT2D eigenvalue weighted by Crippen LogP contribution is -1.98. The fourth-order valence-corrected chi connectivity index (χ4v) is 1.27. The topological polar surface area (TPSA) is 76.8 Å². The van der Waals surface area contributed by atoms with Crippen molar-refractivity contribution in [2.45, 2.75) is 6.92 Å². The van der Waals surface area contributed by atoms with Crippen molar-refractivity contribution in [3.63, 3.8) is 0 Å². The van der Waals surface area contributed by atoms with Crippen LogP contribution < -0.4 is 10.5 Å². The van der Waals surface area contributed by atoms with Gasteiger partial charge in [0.25, 0.3) is 0 Å². The van der Waals surface area contributed by atoms with Crippen molar-refractivity contribution >= 4 is 17.0 Å². The van der Waals surface area contributed by atoms with Gasteiger partial charge < -0.3 is 15.5 Å². The summed E-state index contributed by atoms with van der Waals surface area (Å²) in [6.45, 7) is 1.95. The Kier molecular flexibility index (Phi) is 1.58. The largest absolute Gasteiger partial charge is 0.479 e. The Morgan fingerprint density at radius 1 is 1.46 bits per heavy atom. The van der Waals surface area contributed by atoms with Gasteiger partial charge in [-0.2, -0.15) is 4.98 Å². The quantitative estimate of drug-likeness (QED) is 0.678. The first kappa shape index (κ1) is 7.85. The number of hydrogen-bond acceptors (Lipinski definition) is 4. The van der Waals surface area contributed by atoms with Crippen LogP contribution in [0.1, 0.15) is 5.56 Å². The number of H-pyrrole nitrogens is 1. The molecule has 5 nitrogen and oxygen atoms in total. The molecule has 2 aromatic rings. The number of aryl methyl sites for hydroxylation is 1. The number of nitrogen functional groups attached to an aromatic ring is 1. The number of rotatable bonds is 1. The van der Waals surface area contributed by atoms with E-state index in [9.17, 15) is 0 Å². The van der Waals surface area contributed by atoms with Crippen molar-refractivity contribution in [1.82, 2.24) is 15.0 Å². The summed E-state index contributed by atoms with van der Waals surface area (Å²) >= 11 is 0. The molecule has 3 N–H and O–H groups in total. The maximum Gasteiger partial charge on any atom is 0.243 e. The van der Waals surface area contributed by atoms with Gasteiger partial charge in [0.05, 0.1) is 7.11 Å². The second-order valence-electron chi connectivity index (χ2n) is 2.79. The van der Waals surface area contributed by atoms with E-state index >= 15 is 0 Å². The minimum absolute atomic E-state index is 0.229. The summed E-state index contributed by atoms with van der Waals surface area (Å²) in [4.78, 5) is 11.1. The highest BCUT2D eigenvalue weighted by Gasteiger charge is 2.09. The zero-order valence-electron chi connectivity index (χ0n) is 7.46.